The van der Waals surface area contributed by atoms with Crippen molar-refractivity contribution in [1.29, 1.82) is 0 Å². The number of aryl methyl sites for hydroxylation is 1. The van der Waals surface area contributed by atoms with E-state index in [0.717, 1.165) is 11.3 Å². The number of benzene rings is 1. The molecule has 0 spiro atoms. The Bertz CT molecular complexity index is 366. The van der Waals surface area contributed by atoms with Gasteiger partial charge < -0.3 is 10.0 Å². The summed E-state index contributed by atoms with van der Waals surface area (Å²) >= 11 is 5.88. The minimum atomic E-state index is -0.837. The Kier molecular flexibility index (Phi) is 3.97. The third kappa shape index (κ3) is 3.13. The van der Waals surface area contributed by atoms with Crippen LogP contribution in [0.2, 0.25) is 5.02 Å². The molecule has 0 atom stereocenters. The van der Waals surface area contributed by atoms with Gasteiger partial charge in [-0.05, 0) is 31.5 Å². The lowest BCUT2D eigenvalue weighted by molar-refractivity contribution is -0.135. The first-order chi connectivity index (χ1) is 7.04. The smallest absolute Gasteiger partial charge is 0.323 e. The maximum absolute atomic E-state index is 10.7. The summed E-state index contributed by atoms with van der Waals surface area (Å²) in [7, 11) is 0. The number of hydrogen-bond donors (Lipinski definition) is 1. The number of anilines is 1. The van der Waals surface area contributed by atoms with Crippen LogP contribution >= 0.6 is 11.6 Å². The lowest BCUT2D eigenvalue weighted by atomic mass is 10.2. The molecule has 4 heteroatoms. The van der Waals surface area contributed by atoms with Gasteiger partial charge >= 0.3 is 5.97 Å². The van der Waals surface area contributed by atoms with Gasteiger partial charge in [-0.25, -0.2) is 0 Å². The summed E-state index contributed by atoms with van der Waals surface area (Å²) in [6, 6.07) is 5.49. The van der Waals surface area contributed by atoms with Crippen LogP contribution in [0.15, 0.2) is 18.2 Å². The SMILES string of the molecule is CCN(CC(=O)O)c1cc(Cl)ccc1C. The molecule has 1 N–H and O–H groups in total. The number of nitrogens with zero attached hydrogens (tertiary/aromatic N) is 1. The summed E-state index contributed by atoms with van der Waals surface area (Å²) in [6.45, 7) is 4.50. The minimum absolute atomic E-state index is 0.00230. The van der Waals surface area contributed by atoms with Crippen LogP contribution < -0.4 is 4.90 Å². The molecule has 82 valence electrons. The molecule has 0 unspecified atom stereocenters. The fourth-order valence-corrected chi connectivity index (χ4v) is 1.62. The van der Waals surface area contributed by atoms with Gasteiger partial charge in [-0.1, -0.05) is 17.7 Å². The van der Waals surface area contributed by atoms with Crippen LogP contribution in [0.4, 0.5) is 5.69 Å². The summed E-state index contributed by atoms with van der Waals surface area (Å²) in [5.41, 5.74) is 1.91. The highest BCUT2D eigenvalue weighted by Crippen LogP contribution is 2.23. The van der Waals surface area contributed by atoms with Gasteiger partial charge in [0.05, 0.1) is 0 Å². The minimum Gasteiger partial charge on any atom is -0.480 e. The number of carboxylic acids is 1. The summed E-state index contributed by atoms with van der Waals surface area (Å²) < 4.78 is 0. The van der Waals surface area contributed by atoms with Crippen LogP contribution in [-0.4, -0.2) is 24.2 Å². The zero-order valence-electron chi connectivity index (χ0n) is 8.83. The van der Waals surface area contributed by atoms with Gasteiger partial charge in [0.25, 0.3) is 0 Å². The van der Waals surface area contributed by atoms with Crippen molar-refractivity contribution in [3.8, 4) is 0 Å². The van der Waals surface area contributed by atoms with Gasteiger partial charge in [0, 0.05) is 17.3 Å². The fraction of sp³-hybridized carbons (Fsp3) is 0.364. The molecule has 0 bridgehead atoms. The quantitative estimate of drug-likeness (QED) is 0.860. The van der Waals surface area contributed by atoms with Crippen molar-refractivity contribution in [2.24, 2.45) is 0 Å². The first-order valence-corrected chi connectivity index (χ1v) is 5.15. The standard InChI is InChI=1S/C11H14ClNO2/c1-3-13(7-11(14)15)10-6-9(12)5-4-8(10)2/h4-6H,3,7H2,1-2H3,(H,14,15). The number of carboxylic acid groups (broad SMARTS) is 1. The van der Waals surface area contributed by atoms with Gasteiger partial charge in [-0.2, -0.15) is 0 Å². The van der Waals surface area contributed by atoms with Crippen LogP contribution in [0.25, 0.3) is 0 Å². The molecule has 0 aromatic heterocycles. The summed E-state index contributed by atoms with van der Waals surface area (Å²) in [5.74, 6) is -0.837. The topological polar surface area (TPSA) is 40.5 Å². The Labute approximate surface area is 94.3 Å². The van der Waals surface area contributed by atoms with Gasteiger partial charge in [0.15, 0.2) is 0 Å². The predicted octanol–water partition coefficient (Wildman–Crippen LogP) is 2.56. The molecule has 1 rings (SSSR count). The van der Waals surface area contributed by atoms with Gasteiger partial charge in [0.2, 0.25) is 0 Å². The van der Waals surface area contributed by atoms with Crippen molar-refractivity contribution in [2.45, 2.75) is 13.8 Å². The summed E-state index contributed by atoms with van der Waals surface area (Å²) in [6.07, 6.45) is 0. The molecule has 0 fully saturated rings. The number of rotatable bonds is 4. The Balaban J connectivity index is 3.00. The molecule has 0 saturated heterocycles. The zero-order chi connectivity index (χ0) is 11.4. The maximum Gasteiger partial charge on any atom is 0.323 e. The van der Waals surface area contributed by atoms with E-state index in [1.54, 1.807) is 17.0 Å². The normalized spacial score (nSPS) is 10.1. The van der Waals surface area contributed by atoms with Crippen LogP contribution in [-0.2, 0) is 4.79 Å². The second-order valence-corrected chi connectivity index (χ2v) is 3.78. The van der Waals surface area contributed by atoms with E-state index >= 15 is 0 Å². The van der Waals surface area contributed by atoms with E-state index in [2.05, 4.69) is 0 Å². The van der Waals surface area contributed by atoms with E-state index in [4.69, 9.17) is 16.7 Å². The molecule has 0 radical (unpaired) electrons. The van der Waals surface area contributed by atoms with Crippen molar-refractivity contribution in [1.82, 2.24) is 0 Å². The monoisotopic (exact) mass is 227 g/mol. The number of halogens is 1. The molecule has 15 heavy (non-hydrogen) atoms. The Morgan fingerprint density at radius 2 is 2.20 bits per heavy atom. The largest absolute Gasteiger partial charge is 0.480 e. The van der Waals surface area contributed by atoms with E-state index in [1.165, 1.54) is 0 Å². The molecule has 1 aromatic rings. The molecule has 0 saturated carbocycles. The average molecular weight is 228 g/mol. The molecule has 0 amide bonds. The van der Waals surface area contributed by atoms with Crippen molar-refractivity contribution < 1.29 is 9.90 Å². The average Bonchev–Trinajstić information content (AvgIpc) is 2.18. The lowest BCUT2D eigenvalue weighted by Crippen LogP contribution is -2.29. The molecule has 0 aliphatic rings. The van der Waals surface area contributed by atoms with E-state index < -0.39 is 5.97 Å². The predicted molar refractivity (Wildman–Crippen MR) is 61.7 cm³/mol. The number of hydrogen-bond acceptors (Lipinski definition) is 2. The molecule has 0 heterocycles. The highest BCUT2D eigenvalue weighted by atomic mass is 35.5. The molecule has 1 aromatic carbocycles. The van der Waals surface area contributed by atoms with Crippen LogP contribution in [0.1, 0.15) is 12.5 Å². The van der Waals surface area contributed by atoms with E-state index in [9.17, 15) is 4.79 Å². The third-order valence-electron chi connectivity index (χ3n) is 2.22. The molecule has 0 aliphatic carbocycles. The highest BCUT2D eigenvalue weighted by molar-refractivity contribution is 6.30. The number of carbonyl (C=O) groups is 1. The first-order valence-electron chi connectivity index (χ1n) is 4.77. The molecule has 3 nitrogen and oxygen atoms in total. The van der Waals surface area contributed by atoms with Gasteiger partial charge in [0.1, 0.15) is 6.54 Å². The van der Waals surface area contributed by atoms with E-state index in [0.29, 0.717) is 11.6 Å². The molecular formula is C11H14ClNO2. The Hall–Kier alpha value is -1.22. The van der Waals surface area contributed by atoms with Crippen molar-refractivity contribution >= 4 is 23.3 Å². The maximum atomic E-state index is 10.7. The van der Waals surface area contributed by atoms with Gasteiger partial charge in [-0.15, -0.1) is 0 Å². The first kappa shape index (κ1) is 11.9. The van der Waals surface area contributed by atoms with Crippen LogP contribution in [0, 0.1) is 6.92 Å². The van der Waals surface area contributed by atoms with Crippen LogP contribution in [0.3, 0.4) is 0 Å². The van der Waals surface area contributed by atoms with Crippen molar-refractivity contribution in [2.75, 3.05) is 18.0 Å². The zero-order valence-corrected chi connectivity index (χ0v) is 9.58. The second kappa shape index (κ2) is 5.03. The fourth-order valence-electron chi connectivity index (χ4n) is 1.45. The van der Waals surface area contributed by atoms with E-state index in [-0.39, 0.29) is 6.54 Å². The van der Waals surface area contributed by atoms with Crippen molar-refractivity contribution in [3.63, 3.8) is 0 Å². The van der Waals surface area contributed by atoms with Crippen LogP contribution in [0.5, 0.6) is 0 Å². The summed E-state index contributed by atoms with van der Waals surface area (Å²) in [5, 5.41) is 9.39. The van der Waals surface area contributed by atoms with Crippen molar-refractivity contribution in [3.05, 3.63) is 28.8 Å². The number of likely N-dealkylation sites (N-methyl/N-ethyl adjacent to an activating group) is 1. The summed E-state index contributed by atoms with van der Waals surface area (Å²) in [4.78, 5) is 12.4. The van der Waals surface area contributed by atoms with E-state index in [1.807, 2.05) is 19.9 Å². The Morgan fingerprint density at radius 1 is 1.53 bits per heavy atom. The van der Waals surface area contributed by atoms with Gasteiger partial charge in [-0.3, -0.25) is 4.79 Å². The molecule has 0 aliphatic heterocycles. The lowest BCUT2D eigenvalue weighted by Gasteiger charge is -2.23. The molecular weight excluding hydrogens is 214 g/mol. The third-order valence-corrected chi connectivity index (χ3v) is 2.45. The second-order valence-electron chi connectivity index (χ2n) is 3.34. The Morgan fingerprint density at radius 3 is 2.73 bits per heavy atom. The highest BCUT2D eigenvalue weighted by Gasteiger charge is 2.11. The number of aliphatic carboxylic acids is 1.